The van der Waals surface area contributed by atoms with Crippen molar-refractivity contribution < 1.29 is 26.7 Å². The van der Waals surface area contributed by atoms with Crippen molar-refractivity contribution in [1.82, 2.24) is 0 Å². The zero-order valence-corrected chi connectivity index (χ0v) is 10.5. The molecule has 0 fully saturated rings. The summed E-state index contributed by atoms with van der Waals surface area (Å²) in [7, 11) is -2.42. The second-order valence-electron chi connectivity index (χ2n) is 3.60. The molecule has 0 atom stereocenters. The van der Waals surface area contributed by atoms with E-state index in [1.807, 2.05) is 0 Å². The average molecular weight is 278 g/mol. The molecule has 1 aromatic carbocycles. The predicted octanol–water partition coefficient (Wildman–Crippen LogP) is 1.21. The summed E-state index contributed by atoms with van der Waals surface area (Å²) >= 11 is 0. The molecule has 0 amide bonds. The van der Waals surface area contributed by atoms with Crippen molar-refractivity contribution >= 4 is 15.6 Å². The molecule has 0 aliphatic heterocycles. The van der Waals surface area contributed by atoms with Crippen LogP contribution in [0.2, 0.25) is 0 Å². The highest BCUT2D eigenvalue weighted by atomic mass is 32.2. The fourth-order valence-corrected chi connectivity index (χ4v) is 2.43. The molecular weight excluding hydrogens is 266 g/mol. The summed E-state index contributed by atoms with van der Waals surface area (Å²) < 4.78 is 54.0. The standard InChI is InChI=1S/C11H12F2O4S/c1-17-5-6-18(15,16)7-10(14)11-8(12)3-2-4-9(11)13/h2-4H,5-7H2,1H3. The zero-order chi connectivity index (χ0) is 13.8. The van der Waals surface area contributed by atoms with E-state index in [1.54, 1.807) is 0 Å². The van der Waals surface area contributed by atoms with Crippen molar-refractivity contribution in [3.05, 3.63) is 35.4 Å². The van der Waals surface area contributed by atoms with Crippen molar-refractivity contribution in [2.24, 2.45) is 0 Å². The Labute approximate surface area is 103 Å². The van der Waals surface area contributed by atoms with Crippen molar-refractivity contribution in [3.63, 3.8) is 0 Å². The lowest BCUT2D eigenvalue weighted by atomic mass is 10.1. The molecule has 4 nitrogen and oxygen atoms in total. The first-order valence-electron chi connectivity index (χ1n) is 5.04. The quantitative estimate of drug-likeness (QED) is 0.734. The molecule has 0 aromatic heterocycles. The molecule has 0 spiro atoms. The predicted molar refractivity (Wildman–Crippen MR) is 61.2 cm³/mol. The molecule has 0 saturated heterocycles. The number of sulfone groups is 1. The third-order valence-corrected chi connectivity index (χ3v) is 3.68. The zero-order valence-electron chi connectivity index (χ0n) is 9.65. The lowest BCUT2D eigenvalue weighted by Gasteiger charge is -2.05. The van der Waals surface area contributed by atoms with Gasteiger partial charge in [0.25, 0.3) is 0 Å². The van der Waals surface area contributed by atoms with E-state index in [0.717, 1.165) is 18.2 Å². The second-order valence-corrected chi connectivity index (χ2v) is 5.79. The van der Waals surface area contributed by atoms with E-state index in [2.05, 4.69) is 4.74 Å². The molecular formula is C11H12F2O4S. The van der Waals surface area contributed by atoms with Crippen LogP contribution in [0.25, 0.3) is 0 Å². The molecule has 0 radical (unpaired) electrons. The Morgan fingerprint density at radius 1 is 1.28 bits per heavy atom. The molecule has 0 N–H and O–H groups in total. The molecule has 0 aliphatic carbocycles. The van der Waals surface area contributed by atoms with Crippen LogP contribution < -0.4 is 0 Å². The van der Waals surface area contributed by atoms with Crippen LogP contribution in [0.4, 0.5) is 8.78 Å². The van der Waals surface area contributed by atoms with E-state index in [-0.39, 0.29) is 12.4 Å². The average Bonchev–Trinajstić information content (AvgIpc) is 2.25. The minimum Gasteiger partial charge on any atom is -0.384 e. The molecule has 0 aliphatic rings. The first kappa shape index (κ1) is 14.7. The number of Topliss-reactive ketones (excluding diaryl/α,β-unsaturated/α-hetero) is 1. The van der Waals surface area contributed by atoms with Gasteiger partial charge in [-0.1, -0.05) is 6.07 Å². The van der Waals surface area contributed by atoms with Crippen LogP contribution in [0.15, 0.2) is 18.2 Å². The Morgan fingerprint density at radius 3 is 2.33 bits per heavy atom. The van der Waals surface area contributed by atoms with Gasteiger partial charge in [0, 0.05) is 7.11 Å². The largest absolute Gasteiger partial charge is 0.384 e. The first-order chi connectivity index (χ1) is 8.37. The lowest BCUT2D eigenvalue weighted by Crippen LogP contribution is -2.22. The van der Waals surface area contributed by atoms with Crippen LogP contribution in [0.5, 0.6) is 0 Å². The van der Waals surface area contributed by atoms with E-state index in [4.69, 9.17) is 0 Å². The summed E-state index contributed by atoms with van der Waals surface area (Å²) in [6.45, 7) is -0.0740. The Bertz CT molecular complexity index is 520. The molecule has 18 heavy (non-hydrogen) atoms. The summed E-state index contributed by atoms with van der Waals surface area (Å²) in [6.07, 6.45) is 0. The van der Waals surface area contributed by atoms with Gasteiger partial charge in [0.1, 0.15) is 17.4 Å². The van der Waals surface area contributed by atoms with E-state index in [9.17, 15) is 22.0 Å². The smallest absolute Gasteiger partial charge is 0.183 e. The van der Waals surface area contributed by atoms with E-state index in [1.165, 1.54) is 7.11 Å². The molecule has 1 rings (SSSR count). The summed E-state index contributed by atoms with van der Waals surface area (Å²) in [4.78, 5) is 11.6. The second kappa shape index (κ2) is 6.01. The number of ether oxygens (including phenoxy) is 1. The first-order valence-corrected chi connectivity index (χ1v) is 6.86. The molecule has 0 unspecified atom stereocenters. The number of hydrogen-bond acceptors (Lipinski definition) is 4. The van der Waals surface area contributed by atoms with Gasteiger partial charge in [-0.05, 0) is 12.1 Å². The number of carbonyl (C=O) groups is 1. The van der Waals surface area contributed by atoms with Gasteiger partial charge in [-0.15, -0.1) is 0 Å². The highest BCUT2D eigenvalue weighted by molar-refractivity contribution is 7.92. The van der Waals surface area contributed by atoms with Crippen LogP contribution in [0.3, 0.4) is 0 Å². The van der Waals surface area contributed by atoms with Crippen molar-refractivity contribution in [3.8, 4) is 0 Å². The molecule has 0 heterocycles. The Hall–Kier alpha value is -1.34. The molecule has 0 saturated carbocycles. The Kier molecular flexibility index (Phi) is 4.92. The number of rotatable bonds is 6. The fraction of sp³-hybridized carbons (Fsp3) is 0.364. The van der Waals surface area contributed by atoms with Crippen LogP contribution >= 0.6 is 0 Å². The number of hydrogen-bond donors (Lipinski definition) is 0. The third-order valence-electron chi connectivity index (χ3n) is 2.19. The van der Waals surface area contributed by atoms with Gasteiger partial charge in [0.15, 0.2) is 15.6 Å². The van der Waals surface area contributed by atoms with E-state index < -0.39 is 38.6 Å². The monoisotopic (exact) mass is 278 g/mol. The van der Waals surface area contributed by atoms with E-state index >= 15 is 0 Å². The normalized spacial score (nSPS) is 11.5. The van der Waals surface area contributed by atoms with Gasteiger partial charge in [0.2, 0.25) is 0 Å². The lowest BCUT2D eigenvalue weighted by molar-refractivity contribution is 0.101. The maximum absolute atomic E-state index is 13.2. The van der Waals surface area contributed by atoms with E-state index in [0.29, 0.717) is 0 Å². The van der Waals surface area contributed by atoms with Crippen molar-refractivity contribution in [1.29, 1.82) is 0 Å². The Balaban J connectivity index is 2.90. The van der Waals surface area contributed by atoms with Gasteiger partial charge >= 0.3 is 0 Å². The van der Waals surface area contributed by atoms with Crippen LogP contribution in [0.1, 0.15) is 10.4 Å². The minimum atomic E-state index is -3.73. The highest BCUT2D eigenvalue weighted by Gasteiger charge is 2.23. The number of methoxy groups -OCH3 is 1. The summed E-state index contributed by atoms with van der Waals surface area (Å²) in [5.74, 6) is -4.54. The maximum atomic E-state index is 13.2. The third kappa shape index (κ3) is 3.85. The van der Waals surface area contributed by atoms with Crippen LogP contribution in [-0.4, -0.2) is 39.4 Å². The summed E-state index contributed by atoms with van der Waals surface area (Å²) in [5.41, 5.74) is -0.821. The SMILES string of the molecule is COCCS(=O)(=O)CC(=O)c1c(F)cccc1F. The van der Waals surface area contributed by atoms with Gasteiger partial charge < -0.3 is 4.74 Å². The summed E-state index contributed by atoms with van der Waals surface area (Å²) in [5, 5.41) is 0. The highest BCUT2D eigenvalue weighted by Crippen LogP contribution is 2.13. The van der Waals surface area contributed by atoms with Gasteiger partial charge in [0.05, 0.1) is 17.9 Å². The number of halogens is 2. The van der Waals surface area contributed by atoms with Crippen LogP contribution in [-0.2, 0) is 14.6 Å². The number of benzene rings is 1. The van der Waals surface area contributed by atoms with Crippen molar-refractivity contribution in [2.45, 2.75) is 0 Å². The summed E-state index contributed by atoms with van der Waals surface area (Å²) in [6, 6.07) is 2.90. The molecule has 1 aromatic rings. The topological polar surface area (TPSA) is 60.4 Å². The molecule has 7 heteroatoms. The Morgan fingerprint density at radius 2 is 1.83 bits per heavy atom. The number of carbonyl (C=O) groups excluding carboxylic acids is 1. The fourth-order valence-electron chi connectivity index (χ4n) is 1.32. The molecule has 0 bridgehead atoms. The van der Waals surface area contributed by atoms with Gasteiger partial charge in [-0.3, -0.25) is 4.79 Å². The minimum absolute atomic E-state index is 0.0740. The number of ketones is 1. The van der Waals surface area contributed by atoms with Crippen molar-refractivity contribution in [2.75, 3.05) is 25.2 Å². The van der Waals surface area contributed by atoms with Gasteiger partial charge in [-0.25, -0.2) is 17.2 Å². The van der Waals surface area contributed by atoms with Gasteiger partial charge in [-0.2, -0.15) is 0 Å². The van der Waals surface area contributed by atoms with Crippen LogP contribution in [0, 0.1) is 11.6 Å². The molecule has 100 valence electrons. The maximum Gasteiger partial charge on any atom is 0.183 e.